The number of amides is 2. The Morgan fingerprint density at radius 2 is 2.03 bits per heavy atom. The average Bonchev–Trinajstić information content (AvgIpc) is 3.09. The Morgan fingerprint density at radius 1 is 1.27 bits per heavy atom. The number of nitrogen functional groups attached to an aromatic ring is 1. The number of pyridine rings is 1. The summed E-state index contributed by atoms with van der Waals surface area (Å²) >= 11 is 0. The van der Waals surface area contributed by atoms with Gasteiger partial charge in [0, 0.05) is 44.5 Å². The molecule has 1 saturated heterocycles. The molecule has 1 aromatic carbocycles. The van der Waals surface area contributed by atoms with Crippen molar-refractivity contribution in [1.29, 1.82) is 0 Å². The summed E-state index contributed by atoms with van der Waals surface area (Å²) in [6.45, 7) is 5.08. The molecule has 2 amide bonds. The van der Waals surface area contributed by atoms with Crippen molar-refractivity contribution >= 4 is 34.3 Å². The average molecular weight is 463 g/mol. The number of nitrogens with one attached hydrogen (secondary N) is 1. The van der Waals surface area contributed by atoms with Crippen molar-refractivity contribution in [2.45, 2.75) is 26.3 Å². The van der Waals surface area contributed by atoms with Crippen LogP contribution in [0.2, 0.25) is 0 Å². The summed E-state index contributed by atoms with van der Waals surface area (Å²) in [5.74, 6) is 0.0560. The number of ether oxygens (including phenoxy) is 1. The maximum atomic E-state index is 12.8. The number of carbonyl (C=O) groups is 1. The van der Waals surface area contributed by atoms with Gasteiger partial charge < -0.3 is 25.6 Å². The molecular formula is C21H24F3N7O2. The van der Waals surface area contributed by atoms with E-state index in [0.29, 0.717) is 42.4 Å². The first-order valence-corrected chi connectivity index (χ1v) is 10.3. The zero-order valence-corrected chi connectivity index (χ0v) is 18.3. The van der Waals surface area contributed by atoms with Crippen LogP contribution in [-0.2, 0) is 7.05 Å². The molecule has 0 bridgehead atoms. The van der Waals surface area contributed by atoms with Gasteiger partial charge in [-0.1, -0.05) is 0 Å². The third-order valence-corrected chi connectivity index (χ3v) is 5.60. The first kappa shape index (κ1) is 22.5. The minimum absolute atomic E-state index is 0.0154. The molecule has 9 nitrogen and oxygen atoms in total. The molecule has 0 radical (unpaired) electrons. The van der Waals surface area contributed by atoms with Crippen LogP contribution >= 0.6 is 0 Å². The number of carbonyl (C=O) groups excluding carboxylic acids is 1. The predicted octanol–water partition coefficient (Wildman–Crippen LogP) is 3.50. The fourth-order valence-electron chi connectivity index (χ4n) is 4.02. The van der Waals surface area contributed by atoms with E-state index >= 15 is 0 Å². The van der Waals surface area contributed by atoms with Crippen LogP contribution in [-0.4, -0.2) is 57.7 Å². The van der Waals surface area contributed by atoms with Gasteiger partial charge in [0.25, 0.3) is 0 Å². The van der Waals surface area contributed by atoms with Crippen LogP contribution in [0.25, 0.3) is 11.0 Å². The van der Waals surface area contributed by atoms with E-state index in [1.807, 2.05) is 13.0 Å². The van der Waals surface area contributed by atoms with E-state index in [1.54, 1.807) is 29.7 Å². The van der Waals surface area contributed by atoms with Crippen molar-refractivity contribution in [3.05, 3.63) is 36.0 Å². The van der Waals surface area contributed by atoms with E-state index in [0.717, 1.165) is 11.1 Å². The quantitative estimate of drug-likeness (QED) is 0.617. The number of hydrogen-bond acceptors (Lipinski definition) is 6. The first-order chi connectivity index (χ1) is 15.5. The molecule has 12 heteroatoms. The van der Waals surface area contributed by atoms with Gasteiger partial charge >= 0.3 is 12.4 Å². The molecule has 1 fully saturated rings. The Labute approximate surface area is 187 Å². The van der Waals surface area contributed by atoms with Crippen molar-refractivity contribution in [3.63, 3.8) is 0 Å². The van der Waals surface area contributed by atoms with Gasteiger partial charge in [-0.05, 0) is 37.6 Å². The first-order valence-electron chi connectivity index (χ1n) is 10.3. The van der Waals surface area contributed by atoms with Crippen LogP contribution in [0.1, 0.15) is 12.5 Å². The van der Waals surface area contributed by atoms with Crippen molar-refractivity contribution in [3.8, 4) is 5.75 Å². The summed E-state index contributed by atoms with van der Waals surface area (Å²) in [5.41, 5.74) is 8.48. The molecule has 0 unspecified atom stereocenters. The highest BCUT2D eigenvalue weighted by atomic mass is 19.4. The van der Waals surface area contributed by atoms with Gasteiger partial charge in [0.05, 0.1) is 17.3 Å². The normalized spacial score (nSPS) is 16.8. The van der Waals surface area contributed by atoms with Crippen LogP contribution < -0.4 is 20.7 Å². The van der Waals surface area contributed by atoms with Gasteiger partial charge in [-0.25, -0.2) is 9.78 Å². The molecule has 1 atom stereocenters. The number of rotatable bonds is 3. The van der Waals surface area contributed by atoms with E-state index in [1.165, 1.54) is 18.2 Å². The van der Waals surface area contributed by atoms with Gasteiger partial charge in [-0.2, -0.15) is 5.10 Å². The maximum Gasteiger partial charge on any atom is 0.573 e. The molecule has 176 valence electrons. The third kappa shape index (κ3) is 4.73. The number of anilines is 3. The summed E-state index contributed by atoms with van der Waals surface area (Å²) in [4.78, 5) is 21.0. The van der Waals surface area contributed by atoms with Gasteiger partial charge in [0.15, 0.2) is 5.65 Å². The number of alkyl halides is 3. The van der Waals surface area contributed by atoms with Gasteiger partial charge in [-0.3, -0.25) is 4.68 Å². The van der Waals surface area contributed by atoms with E-state index in [2.05, 4.69) is 25.0 Å². The van der Waals surface area contributed by atoms with Crippen LogP contribution in [0.3, 0.4) is 0 Å². The monoisotopic (exact) mass is 463 g/mol. The molecule has 1 aliphatic heterocycles. The summed E-state index contributed by atoms with van der Waals surface area (Å²) < 4.78 is 42.8. The minimum atomic E-state index is -4.77. The summed E-state index contributed by atoms with van der Waals surface area (Å²) in [6.07, 6.45) is -3.02. The highest BCUT2D eigenvalue weighted by molar-refractivity contribution is 5.92. The largest absolute Gasteiger partial charge is 0.573 e. The van der Waals surface area contributed by atoms with Crippen LogP contribution in [0.15, 0.2) is 30.5 Å². The van der Waals surface area contributed by atoms with Crippen molar-refractivity contribution < 1.29 is 22.7 Å². The van der Waals surface area contributed by atoms with Crippen LogP contribution in [0.4, 0.5) is 35.2 Å². The van der Waals surface area contributed by atoms with Gasteiger partial charge in [0.2, 0.25) is 0 Å². The van der Waals surface area contributed by atoms with E-state index in [4.69, 9.17) is 5.73 Å². The van der Waals surface area contributed by atoms with Crippen LogP contribution in [0.5, 0.6) is 5.75 Å². The molecule has 3 aromatic rings. The fraction of sp³-hybridized carbons (Fsp3) is 0.381. The number of halogens is 3. The lowest BCUT2D eigenvalue weighted by atomic mass is 10.1. The third-order valence-electron chi connectivity index (χ3n) is 5.60. The Morgan fingerprint density at radius 3 is 2.70 bits per heavy atom. The lowest BCUT2D eigenvalue weighted by molar-refractivity contribution is -0.274. The predicted molar refractivity (Wildman–Crippen MR) is 118 cm³/mol. The van der Waals surface area contributed by atoms with E-state index in [9.17, 15) is 18.0 Å². The van der Waals surface area contributed by atoms with Crippen molar-refractivity contribution in [2.24, 2.45) is 7.05 Å². The SMILES string of the molecule is Cc1cc(OC(F)(F)F)ccc1NC(=O)N1CCN(c2cc(N)nc3c2cnn3C)[C@@H](C)C1. The number of nitrogens with zero attached hydrogens (tertiary/aromatic N) is 5. The number of fused-ring (bicyclic) bond motifs is 1. The van der Waals surface area contributed by atoms with E-state index < -0.39 is 6.36 Å². The molecule has 2 aromatic heterocycles. The molecular weight excluding hydrogens is 439 g/mol. The molecule has 3 N–H and O–H groups in total. The number of hydrogen-bond donors (Lipinski definition) is 2. The van der Waals surface area contributed by atoms with Crippen molar-refractivity contribution in [1.82, 2.24) is 19.7 Å². The molecule has 1 aliphatic rings. The number of nitrogens with two attached hydrogens (primary N) is 1. The summed E-state index contributed by atoms with van der Waals surface area (Å²) in [7, 11) is 1.80. The second-order valence-electron chi connectivity index (χ2n) is 8.01. The Kier molecular flexibility index (Phi) is 5.68. The Balaban J connectivity index is 1.45. The Bertz CT molecular complexity index is 1190. The molecule has 0 saturated carbocycles. The number of benzene rings is 1. The molecule has 33 heavy (non-hydrogen) atoms. The summed E-state index contributed by atoms with van der Waals surface area (Å²) in [5, 5.41) is 7.93. The van der Waals surface area contributed by atoms with Gasteiger partial charge in [0.1, 0.15) is 11.6 Å². The maximum absolute atomic E-state index is 12.8. The number of aromatic nitrogens is 3. The lowest BCUT2D eigenvalue weighted by Crippen LogP contribution is -2.54. The van der Waals surface area contributed by atoms with Crippen molar-refractivity contribution in [2.75, 3.05) is 35.6 Å². The van der Waals surface area contributed by atoms with Crippen LogP contribution in [0, 0.1) is 6.92 Å². The second-order valence-corrected chi connectivity index (χ2v) is 8.01. The zero-order chi connectivity index (χ0) is 23.9. The fourth-order valence-corrected chi connectivity index (χ4v) is 4.02. The smallest absolute Gasteiger partial charge is 0.406 e. The molecule has 3 heterocycles. The number of piperazine rings is 1. The molecule has 0 aliphatic carbocycles. The molecule has 4 rings (SSSR count). The minimum Gasteiger partial charge on any atom is -0.406 e. The summed E-state index contributed by atoms with van der Waals surface area (Å²) in [6, 6.07) is 5.27. The lowest BCUT2D eigenvalue weighted by Gasteiger charge is -2.41. The Hall–Kier alpha value is -3.70. The highest BCUT2D eigenvalue weighted by Crippen LogP contribution is 2.31. The highest BCUT2D eigenvalue weighted by Gasteiger charge is 2.32. The van der Waals surface area contributed by atoms with Gasteiger partial charge in [-0.15, -0.1) is 13.2 Å². The standard InChI is InChI=1S/C21H24F3N7O2/c1-12-8-14(33-21(22,23)24)4-5-16(12)27-20(32)30-6-7-31(13(2)11-30)17-9-18(25)28-19-15(17)10-26-29(19)3/h4-5,8-10,13H,6-7,11H2,1-3H3,(H2,25,28)(H,27,32)/t13-/m0/s1. The van der Waals surface area contributed by atoms with E-state index in [-0.39, 0.29) is 17.8 Å². The second kappa shape index (κ2) is 8.34. The number of urea groups is 1. The number of aryl methyl sites for hydroxylation is 2. The zero-order valence-electron chi connectivity index (χ0n) is 18.3. The topological polar surface area (TPSA) is 102 Å². The molecule has 0 spiro atoms.